The topological polar surface area (TPSA) is 82.2 Å². The summed E-state index contributed by atoms with van der Waals surface area (Å²) < 4.78 is 4.99. The van der Waals surface area contributed by atoms with Gasteiger partial charge in [-0.15, -0.1) is 0 Å². The number of nitrogens with zero attached hydrogens (tertiary/aromatic N) is 3. The number of piperidine rings is 1. The highest BCUT2D eigenvalue weighted by atomic mass is 16.5. The lowest BCUT2D eigenvalue weighted by Gasteiger charge is -2.42. The first-order valence-corrected chi connectivity index (χ1v) is 9.71. The van der Waals surface area contributed by atoms with E-state index in [1.165, 1.54) is 0 Å². The van der Waals surface area contributed by atoms with Crippen molar-refractivity contribution in [3.05, 3.63) is 29.8 Å². The smallest absolute Gasteiger partial charge is 0.321 e. The van der Waals surface area contributed by atoms with Crippen LogP contribution in [0, 0.1) is 6.92 Å². The number of aryl methyl sites for hydroxylation is 1. The Bertz CT molecular complexity index is 731. The van der Waals surface area contributed by atoms with E-state index in [4.69, 9.17) is 4.74 Å². The van der Waals surface area contributed by atoms with Gasteiger partial charge in [0.05, 0.1) is 6.61 Å². The quantitative estimate of drug-likeness (QED) is 0.771. The van der Waals surface area contributed by atoms with Crippen molar-refractivity contribution in [2.75, 3.05) is 51.8 Å². The maximum absolute atomic E-state index is 12.5. The molecule has 0 unspecified atom stereocenters. The lowest BCUT2D eigenvalue weighted by atomic mass is 10.0. The van der Waals surface area contributed by atoms with Gasteiger partial charge in [0.15, 0.2) is 0 Å². The first-order valence-electron chi connectivity index (χ1n) is 9.71. The van der Waals surface area contributed by atoms with Crippen molar-refractivity contribution in [2.45, 2.75) is 25.8 Å². The summed E-state index contributed by atoms with van der Waals surface area (Å²) in [4.78, 5) is 42.3. The fourth-order valence-electron chi connectivity index (χ4n) is 3.76. The molecule has 0 atom stereocenters. The molecule has 3 rings (SSSR count). The van der Waals surface area contributed by atoms with Crippen LogP contribution < -0.4 is 5.32 Å². The van der Waals surface area contributed by atoms with Crippen LogP contribution in [0.4, 0.5) is 10.5 Å². The minimum absolute atomic E-state index is 0.00375. The van der Waals surface area contributed by atoms with Crippen molar-refractivity contribution in [3.8, 4) is 0 Å². The van der Waals surface area contributed by atoms with Crippen molar-refractivity contribution in [2.24, 2.45) is 0 Å². The Morgan fingerprint density at radius 3 is 2.57 bits per heavy atom. The number of urea groups is 1. The van der Waals surface area contributed by atoms with E-state index in [1.807, 2.05) is 31.2 Å². The minimum Gasteiger partial charge on any atom is -0.383 e. The predicted molar refractivity (Wildman–Crippen MR) is 105 cm³/mol. The molecule has 0 saturated carbocycles. The number of carbonyl (C=O) groups is 3. The molecule has 0 aromatic heterocycles. The van der Waals surface area contributed by atoms with E-state index in [-0.39, 0.29) is 12.1 Å². The Hall–Kier alpha value is -2.61. The molecule has 0 bridgehead atoms. The van der Waals surface area contributed by atoms with Crippen LogP contribution in [0.1, 0.15) is 18.4 Å². The Morgan fingerprint density at radius 2 is 1.89 bits per heavy atom. The molecular formula is C20H28N4O4. The summed E-state index contributed by atoms with van der Waals surface area (Å²) in [5, 5.41) is 2.92. The molecule has 8 nitrogen and oxygen atoms in total. The van der Waals surface area contributed by atoms with Gasteiger partial charge in [-0.05, 0) is 37.5 Å². The number of anilines is 1. The van der Waals surface area contributed by atoms with E-state index in [2.05, 4.69) is 5.32 Å². The predicted octanol–water partition coefficient (Wildman–Crippen LogP) is 1.31. The monoisotopic (exact) mass is 388 g/mol. The van der Waals surface area contributed by atoms with Gasteiger partial charge < -0.3 is 24.8 Å². The van der Waals surface area contributed by atoms with Gasteiger partial charge in [0, 0.05) is 51.6 Å². The molecule has 28 heavy (non-hydrogen) atoms. The highest BCUT2D eigenvalue weighted by Crippen LogP contribution is 2.20. The SMILES string of the molecule is COCCN1CCN(C2CCN(C(=O)Nc3cccc(C)c3)CC2)C(=O)C1=O. The summed E-state index contributed by atoms with van der Waals surface area (Å²) in [7, 11) is 1.57. The number of likely N-dealkylation sites (tertiary alicyclic amines) is 1. The maximum atomic E-state index is 12.5. The van der Waals surface area contributed by atoms with E-state index < -0.39 is 11.8 Å². The summed E-state index contributed by atoms with van der Waals surface area (Å²) in [5.74, 6) is -0.895. The highest BCUT2D eigenvalue weighted by molar-refractivity contribution is 6.35. The first-order chi connectivity index (χ1) is 13.5. The molecule has 2 aliphatic rings. The zero-order chi connectivity index (χ0) is 20.1. The second kappa shape index (κ2) is 9.05. The molecule has 152 valence electrons. The average molecular weight is 388 g/mol. The number of hydrogen-bond acceptors (Lipinski definition) is 4. The zero-order valence-electron chi connectivity index (χ0n) is 16.5. The number of benzene rings is 1. The van der Waals surface area contributed by atoms with Crippen molar-refractivity contribution in [3.63, 3.8) is 0 Å². The van der Waals surface area contributed by atoms with Gasteiger partial charge in [-0.2, -0.15) is 0 Å². The second-order valence-corrected chi connectivity index (χ2v) is 7.30. The van der Waals surface area contributed by atoms with Crippen LogP contribution in [-0.4, -0.2) is 85.0 Å². The molecule has 1 aromatic carbocycles. The van der Waals surface area contributed by atoms with Gasteiger partial charge in [0.2, 0.25) is 0 Å². The number of methoxy groups -OCH3 is 1. The maximum Gasteiger partial charge on any atom is 0.321 e. The Kier molecular flexibility index (Phi) is 6.51. The molecule has 2 heterocycles. The Morgan fingerprint density at radius 1 is 1.14 bits per heavy atom. The molecule has 4 amide bonds. The van der Waals surface area contributed by atoms with Crippen LogP contribution in [0.2, 0.25) is 0 Å². The molecule has 8 heteroatoms. The molecule has 2 aliphatic heterocycles. The van der Waals surface area contributed by atoms with E-state index in [0.29, 0.717) is 52.2 Å². The lowest BCUT2D eigenvalue weighted by molar-refractivity contribution is -0.158. The lowest BCUT2D eigenvalue weighted by Crippen LogP contribution is -2.59. The summed E-state index contributed by atoms with van der Waals surface area (Å²) in [6.45, 7) is 5.03. The number of amides is 4. The molecule has 1 N–H and O–H groups in total. The van der Waals surface area contributed by atoms with Gasteiger partial charge in [0.25, 0.3) is 0 Å². The molecule has 0 spiro atoms. The first kappa shape index (κ1) is 20.1. The van der Waals surface area contributed by atoms with E-state index in [9.17, 15) is 14.4 Å². The fourth-order valence-corrected chi connectivity index (χ4v) is 3.76. The number of ether oxygens (including phenoxy) is 1. The number of rotatable bonds is 5. The fraction of sp³-hybridized carbons (Fsp3) is 0.550. The van der Waals surface area contributed by atoms with Crippen LogP contribution in [-0.2, 0) is 14.3 Å². The number of hydrogen-bond donors (Lipinski definition) is 1. The summed E-state index contributed by atoms with van der Waals surface area (Å²) in [5.41, 5.74) is 1.87. The van der Waals surface area contributed by atoms with Gasteiger partial charge in [-0.25, -0.2) is 4.79 Å². The second-order valence-electron chi connectivity index (χ2n) is 7.30. The summed E-state index contributed by atoms with van der Waals surface area (Å²) in [6, 6.07) is 7.56. The van der Waals surface area contributed by atoms with Crippen LogP contribution in [0.15, 0.2) is 24.3 Å². The van der Waals surface area contributed by atoms with E-state index in [0.717, 1.165) is 11.3 Å². The van der Waals surface area contributed by atoms with Gasteiger partial charge in [0.1, 0.15) is 0 Å². The van der Waals surface area contributed by atoms with Crippen molar-refractivity contribution >= 4 is 23.5 Å². The molecule has 0 radical (unpaired) electrons. The Labute approximate surface area is 165 Å². The van der Waals surface area contributed by atoms with Crippen LogP contribution in [0.25, 0.3) is 0 Å². The van der Waals surface area contributed by atoms with E-state index in [1.54, 1.807) is 21.8 Å². The highest BCUT2D eigenvalue weighted by Gasteiger charge is 2.37. The number of carbonyl (C=O) groups excluding carboxylic acids is 3. The molecule has 2 fully saturated rings. The minimum atomic E-state index is -0.456. The largest absolute Gasteiger partial charge is 0.383 e. The molecular weight excluding hydrogens is 360 g/mol. The van der Waals surface area contributed by atoms with Gasteiger partial charge in [-0.1, -0.05) is 12.1 Å². The molecule has 0 aliphatic carbocycles. The van der Waals surface area contributed by atoms with Gasteiger partial charge in [-0.3, -0.25) is 9.59 Å². The van der Waals surface area contributed by atoms with Crippen LogP contribution in [0.3, 0.4) is 0 Å². The zero-order valence-corrected chi connectivity index (χ0v) is 16.5. The summed E-state index contributed by atoms with van der Waals surface area (Å²) in [6.07, 6.45) is 1.36. The van der Waals surface area contributed by atoms with Crippen molar-refractivity contribution in [1.29, 1.82) is 0 Å². The third-order valence-electron chi connectivity index (χ3n) is 5.37. The van der Waals surface area contributed by atoms with Crippen LogP contribution in [0.5, 0.6) is 0 Å². The van der Waals surface area contributed by atoms with E-state index >= 15 is 0 Å². The average Bonchev–Trinajstić information content (AvgIpc) is 2.69. The molecule has 1 aromatic rings. The number of nitrogens with one attached hydrogen (secondary N) is 1. The normalized spacial score (nSPS) is 18.6. The summed E-state index contributed by atoms with van der Waals surface area (Å²) >= 11 is 0. The van der Waals surface area contributed by atoms with Crippen LogP contribution >= 0.6 is 0 Å². The third kappa shape index (κ3) is 4.62. The third-order valence-corrected chi connectivity index (χ3v) is 5.37. The molecule has 2 saturated heterocycles. The standard InChI is InChI=1S/C20H28N4O4/c1-15-4-3-5-16(14-15)21-20(27)23-8-6-17(7-9-23)24-11-10-22(12-13-28-2)18(25)19(24)26/h3-5,14,17H,6-13H2,1-2H3,(H,21,27). The van der Waals surface area contributed by atoms with Crippen molar-refractivity contribution < 1.29 is 19.1 Å². The number of piperazine rings is 1. The Balaban J connectivity index is 1.50. The van der Waals surface area contributed by atoms with Crippen molar-refractivity contribution in [1.82, 2.24) is 14.7 Å². The van der Waals surface area contributed by atoms with Gasteiger partial charge >= 0.3 is 17.8 Å².